The van der Waals surface area contributed by atoms with Crippen LogP contribution in [-0.4, -0.2) is 15.5 Å². The molecule has 5 heteroatoms. The maximum Gasteiger partial charge on any atom is 0.242 e. The predicted octanol–water partition coefficient (Wildman–Crippen LogP) is 5.10. The zero-order chi connectivity index (χ0) is 13.9. The number of hydrogen-bond acceptors (Lipinski definition) is 2. The first-order valence-electron chi connectivity index (χ1n) is 7.12. The summed E-state index contributed by atoms with van der Waals surface area (Å²) in [5.74, 6) is 1.64. The SMILES string of the molecule is CC(C)CCCCCCCCCCSP(O)(O)=S. The lowest BCUT2D eigenvalue weighted by Crippen LogP contribution is -1.87. The van der Waals surface area contributed by atoms with Gasteiger partial charge in [-0.1, -0.05) is 76.6 Å². The maximum atomic E-state index is 9.02. The van der Waals surface area contributed by atoms with Crippen LogP contribution in [0, 0.1) is 5.92 Å². The molecule has 0 aliphatic carbocycles. The third-order valence-corrected chi connectivity index (χ3v) is 6.25. The molecule has 0 fully saturated rings. The average Bonchev–Trinajstić information content (AvgIpc) is 2.24. The van der Waals surface area contributed by atoms with Gasteiger partial charge in [0.2, 0.25) is 5.69 Å². The second-order valence-electron chi connectivity index (χ2n) is 5.33. The van der Waals surface area contributed by atoms with E-state index in [1.807, 2.05) is 0 Å². The molecule has 0 aliphatic heterocycles. The van der Waals surface area contributed by atoms with Crippen molar-refractivity contribution < 1.29 is 9.79 Å². The van der Waals surface area contributed by atoms with Gasteiger partial charge in [-0.2, -0.15) is 0 Å². The molecule has 18 heavy (non-hydrogen) atoms. The molecule has 0 aromatic rings. The highest BCUT2D eigenvalue weighted by Gasteiger charge is 2.06. The molecule has 0 spiro atoms. The lowest BCUT2D eigenvalue weighted by Gasteiger charge is -2.06. The fourth-order valence-corrected chi connectivity index (χ4v) is 4.24. The monoisotopic (exact) mass is 312 g/mol. The predicted molar refractivity (Wildman–Crippen MR) is 87.6 cm³/mol. The third-order valence-electron chi connectivity index (χ3n) is 2.94. The molecule has 0 radical (unpaired) electrons. The molecule has 0 amide bonds. The quantitative estimate of drug-likeness (QED) is 0.389. The summed E-state index contributed by atoms with van der Waals surface area (Å²) in [4.78, 5) is 18.0. The van der Waals surface area contributed by atoms with E-state index in [0.717, 1.165) is 29.5 Å². The standard InChI is InChI=1S/C13H29O2PS2/c1-13(2)11-9-7-5-3-4-6-8-10-12-18-16(14,15)17/h13H,3-12H2,1-2H3,(H2,14,15,17). The van der Waals surface area contributed by atoms with Crippen LogP contribution in [0.3, 0.4) is 0 Å². The second-order valence-corrected chi connectivity index (χ2v) is 11.5. The first kappa shape index (κ1) is 18.9. The highest BCUT2D eigenvalue weighted by atomic mass is 32.9. The Morgan fingerprint density at radius 3 is 1.78 bits per heavy atom. The minimum atomic E-state index is -3.00. The fourth-order valence-electron chi connectivity index (χ4n) is 1.90. The first-order chi connectivity index (χ1) is 8.42. The van der Waals surface area contributed by atoms with Gasteiger partial charge >= 0.3 is 0 Å². The Balaban J connectivity index is 3.06. The third kappa shape index (κ3) is 16.9. The smallest absolute Gasteiger partial charge is 0.242 e. The van der Waals surface area contributed by atoms with Crippen LogP contribution in [0.2, 0.25) is 0 Å². The molecule has 0 saturated heterocycles. The number of rotatable bonds is 12. The van der Waals surface area contributed by atoms with E-state index in [1.54, 1.807) is 0 Å². The van der Waals surface area contributed by atoms with E-state index in [1.165, 1.54) is 51.4 Å². The molecule has 0 rings (SSSR count). The van der Waals surface area contributed by atoms with Crippen molar-refractivity contribution in [2.75, 3.05) is 5.75 Å². The van der Waals surface area contributed by atoms with Gasteiger partial charge in [-0.05, 0) is 24.1 Å². The van der Waals surface area contributed by atoms with Crippen LogP contribution in [0.1, 0.15) is 71.6 Å². The first-order valence-corrected chi connectivity index (χ1v) is 11.4. The van der Waals surface area contributed by atoms with E-state index in [9.17, 15) is 0 Å². The Labute approximate surface area is 122 Å². The highest BCUT2D eigenvalue weighted by molar-refractivity contribution is 8.67. The Hall–Kier alpha value is 0.920. The number of unbranched alkanes of at least 4 members (excludes halogenated alkanes) is 7. The molecular formula is C13H29O2PS2. The molecule has 0 aromatic heterocycles. The van der Waals surface area contributed by atoms with Gasteiger partial charge < -0.3 is 9.79 Å². The van der Waals surface area contributed by atoms with Gasteiger partial charge in [-0.15, -0.1) is 0 Å². The van der Waals surface area contributed by atoms with Crippen LogP contribution in [-0.2, 0) is 11.8 Å². The molecule has 2 nitrogen and oxygen atoms in total. The van der Waals surface area contributed by atoms with Gasteiger partial charge in [0.05, 0.1) is 0 Å². The molecule has 0 aliphatic rings. The number of hydrogen-bond donors (Lipinski definition) is 2. The average molecular weight is 312 g/mol. The Morgan fingerprint density at radius 1 is 0.889 bits per heavy atom. The normalized spacial score (nSPS) is 12.3. The second kappa shape index (κ2) is 11.7. The van der Waals surface area contributed by atoms with Crippen molar-refractivity contribution in [2.24, 2.45) is 5.92 Å². The van der Waals surface area contributed by atoms with Crippen molar-refractivity contribution in [3.63, 3.8) is 0 Å². The molecule has 0 bridgehead atoms. The van der Waals surface area contributed by atoms with Gasteiger partial charge in [0, 0.05) is 5.75 Å². The molecule has 0 heterocycles. The molecule has 0 unspecified atom stereocenters. The van der Waals surface area contributed by atoms with Crippen LogP contribution in [0.15, 0.2) is 0 Å². The summed E-state index contributed by atoms with van der Waals surface area (Å²) in [6.07, 6.45) is 11.7. The molecule has 0 atom stereocenters. The molecular weight excluding hydrogens is 283 g/mol. The Kier molecular flexibility index (Phi) is 12.3. The topological polar surface area (TPSA) is 40.5 Å². The summed E-state index contributed by atoms with van der Waals surface area (Å²) >= 11 is 5.70. The van der Waals surface area contributed by atoms with Crippen molar-refractivity contribution in [2.45, 2.75) is 71.6 Å². The van der Waals surface area contributed by atoms with Crippen molar-refractivity contribution >= 4 is 28.9 Å². The minimum Gasteiger partial charge on any atom is -0.338 e. The van der Waals surface area contributed by atoms with Crippen LogP contribution in [0.5, 0.6) is 0 Å². The summed E-state index contributed by atoms with van der Waals surface area (Å²) in [5.41, 5.74) is -3.00. The van der Waals surface area contributed by atoms with E-state index in [0.29, 0.717) is 0 Å². The Morgan fingerprint density at radius 2 is 1.33 bits per heavy atom. The van der Waals surface area contributed by atoms with Gasteiger partial charge in [0.25, 0.3) is 0 Å². The van der Waals surface area contributed by atoms with Crippen molar-refractivity contribution in [3.05, 3.63) is 0 Å². The minimum absolute atomic E-state index is 0.790. The van der Waals surface area contributed by atoms with Gasteiger partial charge in [0.1, 0.15) is 0 Å². The zero-order valence-corrected chi connectivity index (χ0v) is 14.3. The lowest BCUT2D eigenvalue weighted by molar-refractivity contribution is 0.502. The molecule has 0 aromatic carbocycles. The van der Waals surface area contributed by atoms with E-state index in [2.05, 4.69) is 25.7 Å². The lowest BCUT2D eigenvalue weighted by atomic mass is 10.0. The van der Waals surface area contributed by atoms with E-state index >= 15 is 0 Å². The highest BCUT2D eigenvalue weighted by Crippen LogP contribution is 2.50. The zero-order valence-electron chi connectivity index (χ0n) is 11.8. The molecule has 110 valence electrons. The summed E-state index contributed by atoms with van der Waals surface area (Å²) in [7, 11) is 0. The van der Waals surface area contributed by atoms with E-state index < -0.39 is 5.69 Å². The largest absolute Gasteiger partial charge is 0.338 e. The van der Waals surface area contributed by atoms with Crippen molar-refractivity contribution in [1.82, 2.24) is 0 Å². The van der Waals surface area contributed by atoms with Crippen molar-refractivity contribution in [3.8, 4) is 0 Å². The summed E-state index contributed by atoms with van der Waals surface area (Å²) in [5, 5.41) is 0. The van der Waals surface area contributed by atoms with Gasteiger partial charge in [-0.3, -0.25) is 0 Å². The molecule has 2 N–H and O–H groups in total. The van der Waals surface area contributed by atoms with E-state index in [4.69, 9.17) is 9.79 Å². The van der Waals surface area contributed by atoms with E-state index in [-0.39, 0.29) is 0 Å². The maximum absolute atomic E-state index is 9.02. The summed E-state index contributed by atoms with van der Waals surface area (Å²) in [6, 6.07) is 0. The fraction of sp³-hybridized carbons (Fsp3) is 1.00. The van der Waals surface area contributed by atoms with Crippen LogP contribution in [0.25, 0.3) is 0 Å². The van der Waals surface area contributed by atoms with Gasteiger partial charge in [-0.25, -0.2) is 0 Å². The summed E-state index contributed by atoms with van der Waals surface area (Å²) in [6.45, 7) is 4.58. The van der Waals surface area contributed by atoms with Crippen molar-refractivity contribution in [1.29, 1.82) is 0 Å². The van der Waals surface area contributed by atoms with Crippen LogP contribution in [0.4, 0.5) is 0 Å². The van der Waals surface area contributed by atoms with Crippen LogP contribution >= 0.6 is 17.1 Å². The Bertz CT molecular complexity index is 229. The van der Waals surface area contributed by atoms with Crippen LogP contribution < -0.4 is 0 Å². The summed E-state index contributed by atoms with van der Waals surface area (Å²) < 4.78 is 0. The molecule has 0 saturated carbocycles. The van der Waals surface area contributed by atoms with Gasteiger partial charge in [0.15, 0.2) is 0 Å².